The fraction of sp³-hybridized carbons (Fsp3) is 0.364. The van der Waals surface area contributed by atoms with Crippen molar-refractivity contribution in [3.63, 3.8) is 0 Å². The van der Waals surface area contributed by atoms with Crippen LogP contribution in [0.3, 0.4) is 0 Å². The average molecular weight is 587 g/mol. The van der Waals surface area contributed by atoms with Crippen LogP contribution in [0.1, 0.15) is 46.5 Å². The summed E-state index contributed by atoms with van der Waals surface area (Å²) in [6.07, 6.45) is -0.574. The SMILES string of the molecule is Cc1ccccc1CNC(=O)C1N(C(=O)[C@@H](O)C(Cc2ccccc2)NC(=O)c2cccc3c2CCN3)CSC1(C)C. The molecule has 3 aromatic carbocycles. The van der Waals surface area contributed by atoms with Gasteiger partial charge in [0.25, 0.3) is 11.8 Å². The van der Waals surface area contributed by atoms with E-state index in [2.05, 4.69) is 16.0 Å². The Bertz CT molecular complexity index is 1460. The Hall–Kier alpha value is -3.82. The number of carbonyl (C=O) groups is 3. The normalized spacial score (nSPS) is 18.5. The fourth-order valence-corrected chi connectivity index (χ4v) is 6.89. The van der Waals surface area contributed by atoms with Gasteiger partial charge in [0.1, 0.15) is 6.04 Å². The number of nitrogens with zero attached hydrogens (tertiary/aromatic N) is 1. The van der Waals surface area contributed by atoms with Crippen LogP contribution in [0.2, 0.25) is 0 Å². The van der Waals surface area contributed by atoms with Crippen molar-refractivity contribution in [1.82, 2.24) is 15.5 Å². The molecular weight excluding hydrogens is 548 g/mol. The van der Waals surface area contributed by atoms with E-state index < -0.39 is 28.8 Å². The van der Waals surface area contributed by atoms with Crippen molar-refractivity contribution in [2.24, 2.45) is 0 Å². The van der Waals surface area contributed by atoms with Crippen molar-refractivity contribution in [2.45, 2.75) is 63.1 Å². The molecule has 42 heavy (non-hydrogen) atoms. The molecule has 220 valence electrons. The average Bonchev–Trinajstić information content (AvgIpc) is 3.59. The summed E-state index contributed by atoms with van der Waals surface area (Å²) in [4.78, 5) is 42.5. The van der Waals surface area contributed by atoms with Gasteiger partial charge in [0.05, 0.1) is 11.9 Å². The first kappa shape index (κ1) is 29.7. The topological polar surface area (TPSA) is 111 Å². The number of amides is 3. The standard InChI is InChI=1S/C33H38N4O4S/c1-21-10-7-8-13-23(21)19-35-31(40)29-33(2,3)42-20-37(29)32(41)28(38)27(18-22-11-5-4-6-12-22)36-30(39)25-14-9-15-26-24(25)16-17-34-26/h4-15,27-29,34,38H,16-20H2,1-3H3,(H,35,40)(H,36,39)/t27?,28-,29?/m0/s1. The van der Waals surface area contributed by atoms with Crippen LogP contribution in [0.5, 0.6) is 0 Å². The third-order valence-electron chi connectivity index (χ3n) is 8.15. The van der Waals surface area contributed by atoms with Gasteiger partial charge in [-0.2, -0.15) is 0 Å². The zero-order valence-electron chi connectivity index (χ0n) is 24.2. The van der Waals surface area contributed by atoms with Gasteiger partial charge in [-0.15, -0.1) is 11.8 Å². The number of fused-ring (bicyclic) bond motifs is 1. The lowest BCUT2D eigenvalue weighted by molar-refractivity contribution is -0.147. The van der Waals surface area contributed by atoms with Crippen molar-refractivity contribution in [2.75, 3.05) is 17.7 Å². The molecule has 2 unspecified atom stereocenters. The number of aliphatic hydroxyl groups is 1. The molecule has 1 saturated heterocycles. The zero-order valence-corrected chi connectivity index (χ0v) is 25.0. The summed E-state index contributed by atoms with van der Waals surface area (Å²) in [6, 6.07) is 21.1. The van der Waals surface area contributed by atoms with Crippen LogP contribution >= 0.6 is 11.8 Å². The Morgan fingerprint density at radius 1 is 1.05 bits per heavy atom. The summed E-state index contributed by atoms with van der Waals surface area (Å²) in [5.74, 6) is -0.933. The molecule has 0 spiro atoms. The number of nitrogens with one attached hydrogen (secondary N) is 3. The Balaban J connectivity index is 1.36. The highest BCUT2D eigenvalue weighted by Gasteiger charge is 2.49. The van der Waals surface area contributed by atoms with Crippen LogP contribution in [-0.4, -0.2) is 63.1 Å². The van der Waals surface area contributed by atoms with Crippen molar-refractivity contribution >= 4 is 35.2 Å². The molecular formula is C33H38N4O4S. The molecule has 0 bridgehead atoms. The number of aryl methyl sites for hydroxylation is 1. The number of aliphatic hydroxyl groups excluding tert-OH is 1. The number of hydrogen-bond donors (Lipinski definition) is 4. The van der Waals surface area contributed by atoms with E-state index in [1.54, 1.807) is 6.07 Å². The summed E-state index contributed by atoms with van der Waals surface area (Å²) in [7, 11) is 0. The smallest absolute Gasteiger partial charge is 0.254 e. The highest BCUT2D eigenvalue weighted by atomic mass is 32.2. The molecule has 8 nitrogen and oxygen atoms in total. The highest BCUT2D eigenvalue weighted by Crippen LogP contribution is 2.40. The van der Waals surface area contributed by atoms with Crippen LogP contribution < -0.4 is 16.0 Å². The van der Waals surface area contributed by atoms with Gasteiger partial charge in [-0.1, -0.05) is 60.7 Å². The molecule has 3 atom stereocenters. The monoisotopic (exact) mass is 586 g/mol. The summed E-state index contributed by atoms with van der Waals surface area (Å²) in [5, 5.41) is 20.8. The lowest BCUT2D eigenvalue weighted by atomic mass is 9.96. The molecule has 0 radical (unpaired) electrons. The van der Waals surface area contributed by atoms with Gasteiger partial charge in [-0.05, 0) is 68.0 Å². The molecule has 1 fully saturated rings. The molecule has 4 N–H and O–H groups in total. The number of thioether (sulfide) groups is 1. The van der Waals surface area contributed by atoms with Gasteiger partial charge in [-0.3, -0.25) is 14.4 Å². The first-order chi connectivity index (χ1) is 20.2. The minimum Gasteiger partial charge on any atom is -0.384 e. The Labute approximate surface area is 251 Å². The quantitative estimate of drug-likeness (QED) is 0.305. The maximum absolute atomic E-state index is 13.9. The summed E-state index contributed by atoms with van der Waals surface area (Å²) >= 11 is 1.49. The number of rotatable bonds is 9. The van der Waals surface area contributed by atoms with E-state index >= 15 is 0 Å². The summed E-state index contributed by atoms with van der Waals surface area (Å²) in [6.45, 7) is 6.95. The van der Waals surface area contributed by atoms with Gasteiger partial charge < -0.3 is 26.0 Å². The number of anilines is 1. The van der Waals surface area contributed by atoms with E-state index in [1.807, 2.05) is 87.5 Å². The largest absolute Gasteiger partial charge is 0.384 e. The lowest BCUT2D eigenvalue weighted by Gasteiger charge is -2.33. The second-order valence-corrected chi connectivity index (χ2v) is 13.1. The second-order valence-electron chi connectivity index (χ2n) is 11.5. The number of hydrogen-bond acceptors (Lipinski definition) is 6. The van der Waals surface area contributed by atoms with Gasteiger partial charge >= 0.3 is 0 Å². The van der Waals surface area contributed by atoms with Gasteiger partial charge in [0.15, 0.2) is 6.10 Å². The lowest BCUT2D eigenvalue weighted by Crippen LogP contribution is -2.58. The Morgan fingerprint density at radius 3 is 2.55 bits per heavy atom. The van der Waals surface area contributed by atoms with Crippen LogP contribution in [0.15, 0.2) is 72.8 Å². The first-order valence-electron chi connectivity index (χ1n) is 14.3. The Morgan fingerprint density at radius 2 is 1.79 bits per heavy atom. The second kappa shape index (κ2) is 12.6. The van der Waals surface area contributed by atoms with E-state index in [9.17, 15) is 19.5 Å². The minimum atomic E-state index is -1.55. The third-order valence-corrected chi connectivity index (χ3v) is 9.53. The summed E-state index contributed by atoms with van der Waals surface area (Å²) < 4.78 is -0.568. The molecule has 0 aliphatic carbocycles. The maximum Gasteiger partial charge on any atom is 0.254 e. The maximum atomic E-state index is 13.9. The van der Waals surface area contributed by atoms with Crippen molar-refractivity contribution in [3.8, 4) is 0 Å². The van der Waals surface area contributed by atoms with Crippen LogP contribution in [-0.2, 0) is 29.0 Å². The Kier molecular flexibility index (Phi) is 8.89. The number of carbonyl (C=O) groups excluding carboxylic acids is 3. The van der Waals surface area contributed by atoms with Crippen LogP contribution in [0.4, 0.5) is 5.69 Å². The molecule has 0 aromatic heterocycles. The van der Waals surface area contributed by atoms with E-state index in [0.29, 0.717) is 12.1 Å². The molecule has 2 aliphatic rings. The predicted octanol–water partition coefficient (Wildman–Crippen LogP) is 3.66. The molecule has 9 heteroatoms. The third kappa shape index (κ3) is 6.32. The van der Waals surface area contributed by atoms with Crippen molar-refractivity contribution < 1.29 is 19.5 Å². The van der Waals surface area contributed by atoms with E-state index in [1.165, 1.54) is 16.7 Å². The summed E-state index contributed by atoms with van der Waals surface area (Å²) in [5.41, 5.74) is 5.33. The molecule has 5 rings (SSSR count). The van der Waals surface area contributed by atoms with Gasteiger partial charge in [0, 0.05) is 29.1 Å². The van der Waals surface area contributed by atoms with Crippen molar-refractivity contribution in [3.05, 3.63) is 101 Å². The first-order valence-corrected chi connectivity index (χ1v) is 15.3. The molecule has 2 aliphatic heterocycles. The van der Waals surface area contributed by atoms with Crippen LogP contribution in [0.25, 0.3) is 0 Å². The van der Waals surface area contributed by atoms with Crippen molar-refractivity contribution in [1.29, 1.82) is 0 Å². The predicted molar refractivity (Wildman–Crippen MR) is 166 cm³/mol. The molecule has 3 amide bonds. The minimum absolute atomic E-state index is 0.251. The number of benzene rings is 3. The fourth-order valence-electron chi connectivity index (χ4n) is 5.75. The zero-order chi connectivity index (χ0) is 29.9. The molecule has 0 saturated carbocycles. The van der Waals surface area contributed by atoms with Crippen LogP contribution in [0, 0.1) is 6.92 Å². The van der Waals surface area contributed by atoms with Gasteiger partial charge in [-0.25, -0.2) is 0 Å². The van der Waals surface area contributed by atoms with Gasteiger partial charge in [0.2, 0.25) is 5.91 Å². The van der Waals surface area contributed by atoms with E-state index in [0.717, 1.165) is 40.9 Å². The van der Waals surface area contributed by atoms with E-state index in [-0.39, 0.29) is 24.1 Å². The molecule has 3 aromatic rings. The molecule has 2 heterocycles. The highest BCUT2D eigenvalue weighted by molar-refractivity contribution is 8.00. The van der Waals surface area contributed by atoms with E-state index in [4.69, 9.17) is 0 Å².